The number of Topliss-reactive ketones (excluding diaryl/α,β-unsaturated/α-hetero) is 1. The number of ketones is 1. The first-order valence-electron chi connectivity index (χ1n) is 12.9. The SMILES string of the molecule is CC(C)c1ccc(C(O)=C2C(=O)C(=O)N(c3ccc(Sc4ccccc4)nn3)C2c2ccc(OC(F)(F)F)cc2)cc1. The van der Waals surface area contributed by atoms with E-state index in [1.54, 1.807) is 18.2 Å². The number of aromatic nitrogens is 2. The van der Waals surface area contributed by atoms with Crippen LogP contribution in [0.4, 0.5) is 19.0 Å². The number of alkyl halides is 3. The molecule has 214 valence electrons. The van der Waals surface area contributed by atoms with Crippen molar-refractivity contribution in [3.63, 3.8) is 0 Å². The third-order valence-corrected chi connectivity index (χ3v) is 7.50. The van der Waals surface area contributed by atoms with Crippen molar-refractivity contribution in [2.24, 2.45) is 0 Å². The maximum Gasteiger partial charge on any atom is 0.573 e. The van der Waals surface area contributed by atoms with E-state index in [0.717, 1.165) is 27.5 Å². The maximum atomic E-state index is 13.4. The summed E-state index contributed by atoms with van der Waals surface area (Å²) in [6.07, 6.45) is -4.90. The number of carbonyl (C=O) groups is 2. The van der Waals surface area contributed by atoms with Crippen LogP contribution < -0.4 is 9.64 Å². The number of hydrogen-bond donors (Lipinski definition) is 1. The van der Waals surface area contributed by atoms with Gasteiger partial charge in [-0.3, -0.25) is 14.5 Å². The summed E-state index contributed by atoms with van der Waals surface area (Å²) in [6.45, 7) is 4.02. The number of halogens is 3. The minimum Gasteiger partial charge on any atom is -0.507 e. The van der Waals surface area contributed by atoms with Crippen molar-refractivity contribution >= 4 is 35.0 Å². The first-order chi connectivity index (χ1) is 20.0. The number of nitrogens with zero attached hydrogens (tertiary/aromatic N) is 3. The van der Waals surface area contributed by atoms with E-state index in [9.17, 15) is 27.9 Å². The van der Waals surface area contributed by atoms with Gasteiger partial charge in [-0.2, -0.15) is 0 Å². The van der Waals surface area contributed by atoms with Crippen LogP contribution in [0.2, 0.25) is 0 Å². The fourth-order valence-corrected chi connectivity index (χ4v) is 5.28. The monoisotopic (exact) mass is 591 g/mol. The van der Waals surface area contributed by atoms with E-state index in [0.29, 0.717) is 10.6 Å². The van der Waals surface area contributed by atoms with E-state index >= 15 is 0 Å². The van der Waals surface area contributed by atoms with E-state index in [1.165, 1.54) is 30.0 Å². The molecule has 1 aliphatic rings. The van der Waals surface area contributed by atoms with Gasteiger partial charge in [0.1, 0.15) is 16.5 Å². The number of benzene rings is 3. The summed E-state index contributed by atoms with van der Waals surface area (Å²) in [7, 11) is 0. The van der Waals surface area contributed by atoms with Crippen molar-refractivity contribution in [1.29, 1.82) is 0 Å². The van der Waals surface area contributed by atoms with Crippen molar-refractivity contribution in [3.05, 3.63) is 113 Å². The molecule has 4 aromatic rings. The molecule has 0 bridgehead atoms. The van der Waals surface area contributed by atoms with Gasteiger partial charge in [-0.25, -0.2) is 0 Å². The van der Waals surface area contributed by atoms with Crippen LogP contribution in [0.3, 0.4) is 0 Å². The van der Waals surface area contributed by atoms with Crippen LogP contribution in [-0.4, -0.2) is 33.4 Å². The first-order valence-corrected chi connectivity index (χ1v) is 13.7. The average Bonchev–Trinajstić information content (AvgIpc) is 3.23. The van der Waals surface area contributed by atoms with E-state index in [4.69, 9.17) is 0 Å². The highest BCUT2D eigenvalue weighted by Crippen LogP contribution is 2.42. The van der Waals surface area contributed by atoms with Crippen molar-refractivity contribution in [1.82, 2.24) is 10.2 Å². The van der Waals surface area contributed by atoms with Gasteiger partial charge in [0.25, 0.3) is 5.78 Å². The Morgan fingerprint density at radius 2 is 1.57 bits per heavy atom. The van der Waals surface area contributed by atoms with Gasteiger partial charge in [0.15, 0.2) is 5.82 Å². The second kappa shape index (κ2) is 11.7. The molecule has 11 heteroatoms. The molecule has 1 aromatic heterocycles. The number of anilines is 1. The van der Waals surface area contributed by atoms with Crippen LogP contribution in [-0.2, 0) is 9.59 Å². The molecule has 1 N–H and O–H groups in total. The van der Waals surface area contributed by atoms with Crippen LogP contribution >= 0.6 is 11.8 Å². The Balaban J connectivity index is 1.57. The normalized spacial score (nSPS) is 16.7. The molecule has 42 heavy (non-hydrogen) atoms. The third-order valence-electron chi connectivity index (χ3n) is 6.56. The lowest BCUT2D eigenvalue weighted by atomic mass is 9.94. The summed E-state index contributed by atoms with van der Waals surface area (Å²) in [5.41, 5.74) is 1.34. The van der Waals surface area contributed by atoms with Crippen molar-refractivity contribution in [2.75, 3.05) is 4.90 Å². The standard InChI is InChI=1S/C31H24F3N3O4S/c1-18(2)19-8-10-21(11-9-19)28(38)26-27(20-12-14-22(15-13-20)41-31(32,33)34)37(30(40)29(26)39)24-16-17-25(36-35-24)42-23-6-4-3-5-7-23/h3-18,27,38H,1-2H3. The Labute approximate surface area is 243 Å². The predicted octanol–water partition coefficient (Wildman–Crippen LogP) is 7.28. The molecule has 1 aliphatic heterocycles. The van der Waals surface area contributed by atoms with Gasteiger partial charge >= 0.3 is 12.3 Å². The molecular weight excluding hydrogens is 567 g/mol. The lowest BCUT2D eigenvalue weighted by molar-refractivity contribution is -0.274. The summed E-state index contributed by atoms with van der Waals surface area (Å²) in [4.78, 5) is 28.8. The topological polar surface area (TPSA) is 92.6 Å². The Kier molecular flexibility index (Phi) is 8.04. The lowest BCUT2D eigenvalue weighted by Crippen LogP contribution is -2.30. The molecule has 1 saturated heterocycles. The summed E-state index contributed by atoms with van der Waals surface area (Å²) < 4.78 is 42.2. The molecule has 0 spiro atoms. The number of hydrogen-bond acceptors (Lipinski definition) is 7. The molecule has 5 rings (SSSR count). The van der Waals surface area contributed by atoms with E-state index in [-0.39, 0.29) is 22.9 Å². The van der Waals surface area contributed by atoms with Gasteiger partial charge in [0.2, 0.25) is 0 Å². The van der Waals surface area contributed by atoms with E-state index < -0.39 is 35.6 Å². The molecule has 7 nitrogen and oxygen atoms in total. The van der Waals surface area contributed by atoms with Crippen LogP contribution in [0.1, 0.15) is 42.5 Å². The molecule has 1 fully saturated rings. The minimum absolute atomic E-state index is 0.0318. The molecule has 1 atom stereocenters. The number of ether oxygens (including phenoxy) is 1. The van der Waals surface area contributed by atoms with Gasteiger partial charge in [-0.1, -0.05) is 80.2 Å². The molecule has 1 amide bonds. The van der Waals surface area contributed by atoms with E-state index in [2.05, 4.69) is 14.9 Å². The van der Waals surface area contributed by atoms with Gasteiger partial charge in [0.05, 0.1) is 11.6 Å². The molecule has 3 aromatic carbocycles. The van der Waals surface area contributed by atoms with E-state index in [1.807, 2.05) is 56.3 Å². The zero-order valence-electron chi connectivity index (χ0n) is 22.4. The Bertz CT molecular complexity index is 1620. The number of aliphatic hydroxyl groups excluding tert-OH is 1. The highest BCUT2D eigenvalue weighted by molar-refractivity contribution is 7.99. The second-order valence-electron chi connectivity index (χ2n) is 9.71. The fourth-order valence-electron chi connectivity index (χ4n) is 4.52. The molecule has 1 unspecified atom stereocenters. The fraction of sp³-hybridized carbons (Fsp3) is 0.161. The summed E-state index contributed by atoms with van der Waals surface area (Å²) >= 11 is 1.35. The van der Waals surface area contributed by atoms with Crippen molar-refractivity contribution in [2.45, 2.75) is 42.1 Å². The lowest BCUT2D eigenvalue weighted by Gasteiger charge is -2.24. The molecule has 0 radical (unpaired) electrons. The number of aliphatic hydroxyl groups is 1. The van der Waals surface area contributed by atoms with Crippen molar-refractivity contribution in [3.8, 4) is 5.75 Å². The quantitative estimate of drug-likeness (QED) is 0.137. The molecule has 2 heterocycles. The third kappa shape index (κ3) is 6.15. The Morgan fingerprint density at radius 1 is 0.905 bits per heavy atom. The largest absolute Gasteiger partial charge is 0.573 e. The van der Waals surface area contributed by atoms with Crippen LogP contribution in [0.15, 0.2) is 106 Å². The maximum absolute atomic E-state index is 13.4. The highest BCUT2D eigenvalue weighted by atomic mass is 32.2. The zero-order valence-corrected chi connectivity index (χ0v) is 23.2. The van der Waals surface area contributed by atoms with Gasteiger partial charge in [-0.15, -0.1) is 23.4 Å². The Morgan fingerprint density at radius 3 is 2.14 bits per heavy atom. The Hall–Kier alpha value is -4.64. The second-order valence-corrected chi connectivity index (χ2v) is 10.8. The number of rotatable bonds is 7. The van der Waals surface area contributed by atoms with Gasteiger partial charge in [-0.05, 0) is 53.4 Å². The highest BCUT2D eigenvalue weighted by Gasteiger charge is 2.47. The molecular formula is C31H24F3N3O4S. The molecule has 0 aliphatic carbocycles. The smallest absolute Gasteiger partial charge is 0.507 e. The van der Waals surface area contributed by atoms with Crippen LogP contribution in [0.25, 0.3) is 5.76 Å². The predicted molar refractivity (Wildman–Crippen MR) is 151 cm³/mol. The summed E-state index contributed by atoms with van der Waals surface area (Å²) in [5, 5.41) is 20.2. The average molecular weight is 592 g/mol. The minimum atomic E-state index is -4.90. The summed E-state index contributed by atoms with van der Waals surface area (Å²) in [5.74, 6) is -2.57. The van der Waals surface area contributed by atoms with Gasteiger partial charge < -0.3 is 9.84 Å². The molecule has 0 saturated carbocycles. The van der Waals surface area contributed by atoms with Gasteiger partial charge in [0, 0.05) is 10.5 Å². The van der Waals surface area contributed by atoms with Crippen LogP contribution in [0, 0.1) is 0 Å². The number of amides is 1. The first kappa shape index (κ1) is 28.9. The summed E-state index contributed by atoms with van der Waals surface area (Å²) in [6, 6.07) is 23.1. The van der Waals surface area contributed by atoms with Crippen LogP contribution in [0.5, 0.6) is 5.75 Å². The zero-order chi connectivity index (χ0) is 30.0. The number of carbonyl (C=O) groups excluding carboxylic acids is 2. The van der Waals surface area contributed by atoms with Crippen molar-refractivity contribution < 1.29 is 32.6 Å².